The number of phosphoric acid groups is 1. The minimum absolute atomic E-state index is 0.607. The Morgan fingerprint density at radius 2 is 1.83 bits per heavy atom. The molecule has 0 aromatic carbocycles. The van der Waals surface area contributed by atoms with Gasteiger partial charge in [-0.25, -0.2) is 4.57 Å². The minimum atomic E-state index is -4.78. The summed E-state index contributed by atoms with van der Waals surface area (Å²) in [4.78, 5) is 38.6. The number of carbonyl (C=O) groups excluding carboxylic acids is 1. The van der Waals surface area contributed by atoms with Gasteiger partial charge in [-0.3, -0.25) is 14.1 Å². The van der Waals surface area contributed by atoms with Gasteiger partial charge in [0.15, 0.2) is 0 Å². The van der Waals surface area contributed by atoms with Crippen LogP contribution >= 0.6 is 7.82 Å². The summed E-state index contributed by atoms with van der Waals surface area (Å²) in [5.41, 5.74) is 10.4. The second-order valence-electron chi connectivity index (χ2n) is 3.40. The first kappa shape index (κ1) is 17.0. The van der Waals surface area contributed by atoms with Crippen molar-refractivity contribution in [3.05, 3.63) is 0 Å². The van der Waals surface area contributed by atoms with Crippen molar-refractivity contribution in [3.8, 4) is 0 Å². The summed E-state index contributed by atoms with van der Waals surface area (Å²) in [5, 5.41) is 8.42. The number of rotatable bonds is 7. The van der Waals surface area contributed by atoms with E-state index in [0.29, 0.717) is 0 Å². The summed E-state index contributed by atoms with van der Waals surface area (Å²) in [6.07, 6.45) is -1.31. The standard InChI is InChI=1S/C7H15N2O8P/c1-3(17-18(13,14)15)5(9)7(12)16-2-4(8)6(10)11/h3-5H,2,8-9H2,1H3,(H,10,11)(H2,13,14,15)/t3-,4+,5+/m1/s1. The zero-order valence-corrected chi connectivity index (χ0v) is 10.3. The molecule has 3 atom stereocenters. The molecule has 7 N–H and O–H groups in total. The fraction of sp³-hybridized carbons (Fsp3) is 0.714. The largest absolute Gasteiger partial charge is 0.480 e. The van der Waals surface area contributed by atoms with E-state index >= 15 is 0 Å². The lowest BCUT2D eigenvalue weighted by Gasteiger charge is -2.19. The maximum atomic E-state index is 11.3. The molecule has 0 amide bonds. The van der Waals surface area contributed by atoms with E-state index in [-0.39, 0.29) is 0 Å². The van der Waals surface area contributed by atoms with Crippen LogP contribution in [0, 0.1) is 0 Å². The van der Waals surface area contributed by atoms with Crippen molar-refractivity contribution in [1.82, 2.24) is 0 Å². The third-order valence-corrected chi connectivity index (χ3v) is 2.41. The monoisotopic (exact) mass is 286 g/mol. The van der Waals surface area contributed by atoms with E-state index in [1.165, 1.54) is 0 Å². The zero-order chi connectivity index (χ0) is 14.5. The van der Waals surface area contributed by atoms with Gasteiger partial charge in [-0.2, -0.15) is 0 Å². The number of aliphatic carboxylic acids is 1. The van der Waals surface area contributed by atoms with Crippen molar-refractivity contribution >= 4 is 19.8 Å². The summed E-state index contributed by atoms with van der Waals surface area (Å²) in [5.74, 6) is -2.44. The highest BCUT2D eigenvalue weighted by molar-refractivity contribution is 7.46. The summed E-state index contributed by atoms with van der Waals surface area (Å²) >= 11 is 0. The number of carboxylic acid groups (broad SMARTS) is 1. The van der Waals surface area contributed by atoms with E-state index in [9.17, 15) is 14.2 Å². The molecule has 0 heterocycles. The summed E-state index contributed by atoms with van der Waals surface area (Å²) < 4.78 is 19.1. The van der Waals surface area contributed by atoms with Gasteiger partial charge < -0.3 is 31.1 Å². The molecule has 0 saturated heterocycles. The quantitative estimate of drug-likeness (QED) is 0.253. The molecule has 10 nitrogen and oxygen atoms in total. The highest BCUT2D eigenvalue weighted by Crippen LogP contribution is 2.37. The molecule has 0 aromatic rings. The average molecular weight is 286 g/mol. The first-order valence-electron chi connectivity index (χ1n) is 4.69. The van der Waals surface area contributed by atoms with Crippen LogP contribution in [0.5, 0.6) is 0 Å². The van der Waals surface area contributed by atoms with Crippen LogP contribution in [-0.4, -0.2) is 51.6 Å². The number of nitrogens with two attached hydrogens (primary N) is 2. The molecule has 0 unspecified atom stereocenters. The lowest BCUT2D eigenvalue weighted by Crippen LogP contribution is -2.45. The third kappa shape index (κ3) is 6.64. The second-order valence-corrected chi connectivity index (χ2v) is 4.59. The molecule has 11 heteroatoms. The van der Waals surface area contributed by atoms with Gasteiger partial charge in [-0.05, 0) is 6.92 Å². The number of hydrogen-bond acceptors (Lipinski definition) is 7. The molecule has 0 aliphatic heterocycles. The lowest BCUT2D eigenvalue weighted by molar-refractivity contribution is -0.150. The molecule has 106 valence electrons. The molecule has 0 saturated carbocycles. The molecular formula is C7H15N2O8P. The molecule has 0 aliphatic rings. The highest BCUT2D eigenvalue weighted by Gasteiger charge is 2.29. The highest BCUT2D eigenvalue weighted by atomic mass is 31.2. The van der Waals surface area contributed by atoms with Gasteiger partial charge in [0.1, 0.15) is 18.7 Å². The number of carboxylic acids is 1. The number of ether oxygens (including phenoxy) is 1. The first-order chi connectivity index (χ1) is 8.04. The van der Waals surface area contributed by atoms with Gasteiger partial charge in [0, 0.05) is 0 Å². The van der Waals surface area contributed by atoms with Crippen LogP contribution in [0.2, 0.25) is 0 Å². The smallest absolute Gasteiger partial charge is 0.469 e. The molecule has 0 aromatic heterocycles. The molecular weight excluding hydrogens is 271 g/mol. The van der Waals surface area contributed by atoms with E-state index in [1.807, 2.05) is 0 Å². The number of phosphoric ester groups is 1. The molecule has 0 bridgehead atoms. The van der Waals surface area contributed by atoms with Crippen LogP contribution in [0.15, 0.2) is 0 Å². The fourth-order valence-electron chi connectivity index (χ4n) is 0.813. The Balaban J connectivity index is 4.26. The van der Waals surface area contributed by atoms with Crippen molar-refractivity contribution in [2.75, 3.05) is 6.61 Å². The van der Waals surface area contributed by atoms with Gasteiger partial charge in [0.2, 0.25) is 0 Å². The topological polar surface area (TPSA) is 182 Å². The summed E-state index contributed by atoms with van der Waals surface area (Å²) in [6.45, 7) is 0.548. The van der Waals surface area contributed by atoms with Crippen LogP contribution in [-0.2, 0) is 23.4 Å². The first-order valence-corrected chi connectivity index (χ1v) is 6.22. The van der Waals surface area contributed by atoms with E-state index in [2.05, 4.69) is 9.26 Å². The molecule has 18 heavy (non-hydrogen) atoms. The third-order valence-electron chi connectivity index (χ3n) is 1.80. The Bertz CT molecular complexity index is 355. The Morgan fingerprint density at radius 3 is 2.22 bits per heavy atom. The van der Waals surface area contributed by atoms with Gasteiger partial charge in [0.25, 0.3) is 0 Å². The van der Waals surface area contributed by atoms with Crippen molar-refractivity contribution in [2.45, 2.75) is 25.1 Å². The van der Waals surface area contributed by atoms with E-state index < -0.39 is 44.6 Å². The van der Waals surface area contributed by atoms with Gasteiger partial charge in [-0.1, -0.05) is 0 Å². The van der Waals surface area contributed by atoms with Crippen LogP contribution in [0.4, 0.5) is 0 Å². The lowest BCUT2D eigenvalue weighted by atomic mass is 10.2. The normalized spacial score (nSPS) is 16.7. The molecule has 0 radical (unpaired) electrons. The van der Waals surface area contributed by atoms with Crippen molar-refractivity contribution in [1.29, 1.82) is 0 Å². The van der Waals surface area contributed by atoms with Gasteiger partial charge in [0.05, 0.1) is 6.10 Å². The Morgan fingerprint density at radius 1 is 1.33 bits per heavy atom. The van der Waals surface area contributed by atoms with Gasteiger partial charge >= 0.3 is 19.8 Å². The molecule has 0 spiro atoms. The average Bonchev–Trinajstić information content (AvgIpc) is 2.21. The van der Waals surface area contributed by atoms with Crippen molar-refractivity contribution in [2.24, 2.45) is 11.5 Å². The second kappa shape index (κ2) is 6.78. The zero-order valence-electron chi connectivity index (χ0n) is 9.42. The fourth-order valence-corrected chi connectivity index (χ4v) is 1.38. The van der Waals surface area contributed by atoms with Gasteiger partial charge in [-0.15, -0.1) is 0 Å². The van der Waals surface area contributed by atoms with Crippen LogP contribution in [0.1, 0.15) is 6.92 Å². The van der Waals surface area contributed by atoms with Crippen LogP contribution in [0.3, 0.4) is 0 Å². The maximum absolute atomic E-state index is 11.3. The molecule has 0 rings (SSSR count). The Hall–Kier alpha value is -1.03. The minimum Gasteiger partial charge on any atom is -0.480 e. The van der Waals surface area contributed by atoms with E-state index in [0.717, 1.165) is 6.92 Å². The van der Waals surface area contributed by atoms with Crippen molar-refractivity contribution in [3.63, 3.8) is 0 Å². The number of carbonyl (C=O) groups is 2. The molecule has 0 fully saturated rings. The van der Waals surface area contributed by atoms with E-state index in [1.54, 1.807) is 0 Å². The number of hydrogen-bond donors (Lipinski definition) is 5. The van der Waals surface area contributed by atoms with Crippen molar-refractivity contribution < 1.29 is 38.3 Å². The maximum Gasteiger partial charge on any atom is 0.469 e. The molecule has 0 aliphatic carbocycles. The SMILES string of the molecule is C[C@@H](OP(=O)(O)O)[C@H](N)C(=O)OC[C@H](N)C(=O)O. The van der Waals surface area contributed by atoms with Crippen LogP contribution in [0.25, 0.3) is 0 Å². The van der Waals surface area contributed by atoms with E-state index in [4.69, 9.17) is 26.4 Å². The Labute approximate surface area is 102 Å². The van der Waals surface area contributed by atoms with Crippen LogP contribution < -0.4 is 11.5 Å². The summed E-state index contributed by atoms with van der Waals surface area (Å²) in [6, 6.07) is -2.88. The Kier molecular flexibility index (Phi) is 6.39. The predicted molar refractivity (Wildman–Crippen MR) is 57.1 cm³/mol. The predicted octanol–water partition coefficient (Wildman–Crippen LogP) is -2.23. The summed E-state index contributed by atoms with van der Waals surface area (Å²) in [7, 11) is -4.78. The number of esters is 1.